The van der Waals surface area contributed by atoms with Gasteiger partial charge >= 0.3 is 5.97 Å². The summed E-state index contributed by atoms with van der Waals surface area (Å²) in [7, 11) is 1.36. The number of carbonyl (C=O) groups excluding carboxylic acids is 2. The van der Waals surface area contributed by atoms with E-state index in [0.717, 1.165) is 26.9 Å². The summed E-state index contributed by atoms with van der Waals surface area (Å²) in [4.78, 5) is 31.6. The van der Waals surface area contributed by atoms with E-state index in [9.17, 15) is 9.59 Å². The van der Waals surface area contributed by atoms with E-state index in [0.29, 0.717) is 22.3 Å². The van der Waals surface area contributed by atoms with E-state index < -0.39 is 17.7 Å². The Balaban J connectivity index is 2.01. The average Bonchev–Trinajstić information content (AvgIpc) is 3.36. The molecule has 33 heavy (non-hydrogen) atoms. The van der Waals surface area contributed by atoms with E-state index in [1.165, 1.54) is 18.4 Å². The number of aryl methyl sites for hydroxylation is 1. The molecule has 0 fully saturated rings. The highest BCUT2D eigenvalue weighted by Crippen LogP contribution is 2.44. The maximum absolute atomic E-state index is 12.9. The highest BCUT2D eigenvalue weighted by atomic mass is 35.5. The van der Waals surface area contributed by atoms with Crippen molar-refractivity contribution in [3.05, 3.63) is 58.6 Å². The Bertz CT molecular complexity index is 1260. The fourth-order valence-electron chi connectivity index (χ4n) is 3.85. The molecule has 1 amide bonds. The first-order valence-electron chi connectivity index (χ1n) is 10.5. The van der Waals surface area contributed by atoms with Gasteiger partial charge in [0.1, 0.15) is 0 Å². The summed E-state index contributed by atoms with van der Waals surface area (Å²) in [5, 5.41) is 1.22. The number of hydrogen-bond donors (Lipinski definition) is 0. The predicted octanol–water partition coefficient (Wildman–Crippen LogP) is 5.86. The van der Waals surface area contributed by atoms with Gasteiger partial charge in [0.2, 0.25) is 0 Å². The molecule has 1 aromatic heterocycles. The number of benzene rings is 2. The molecular formula is C25H25ClN2O4S. The summed E-state index contributed by atoms with van der Waals surface area (Å²) >= 11 is 7.57. The Morgan fingerprint density at radius 2 is 1.94 bits per heavy atom. The van der Waals surface area contributed by atoms with Gasteiger partial charge in [-0.25, -0.2) is 9.78 Å². The Morgan fingerprint density at radius 3 is 2.52 bits per heavy atom. The summed E-state index contributed by atoms with van der Waals surface area (Å²) in [5.74, 6) is -0.575. The molecule has 0 N–H and O–H groups in total. The first-order chi connectivity index (χ1) is 15.6. The largest absolute Gasteiger partial charge is 0.467 e. The summed E-state index contributed by atoms with van der Waals surface area (Å²) in [6.07, 6.45) is 2.42. The molecular weight excluding hydrogens is 460 g/mol. The average molecular weight is 485 g/mol. The fraction of sp³-hybridized carbons (Fsp3) is 0.320. The van der Waals surface area contributed by atoms with Crippen LogP contribution in [-0.4, -0.2) is 36.1 Å². The number of halogens is 1. The molecule has 0 radical (unpaired) electrons. The van der Waals surface area contributed by atoms with Gasteiger partial charge in [0.05, 0.1) is 22.9 Å². The molecule has 3 aromatic rings. The number of esters is 1. The second-order valence-corrected chi connectivity index (χ2v) is 10.2. The van der Waals surface area contributed by atoms with Crippen molar-refractivity contribution >= 4 is 50.2 Å². The van der Waals surface area contributed by atoms with Gasteiger partial charge in [-0.3, -0.25) is 9.69 Å². The zero-order valence-corrected chi connectivity index (χ0v) is 20.7. The van der Waals surface area contributed by atoms with Crippen molar-refractivity contribution in [3.8, 4) is 11.1 Å². The monoisotopic (exact) mass is 484 g/mol. The number of carbonyl (C=O) groups is 2. The van der Waals surface area contributed by atoms with E-state index in [-0.39, 0.29) is 5.91 Å². The van der Waals surface area contributed by atoms with Gasteiger partial charge in [-0.05, 0) is 57.0 Å². The Labute approximate surface area is 201 Å². The van der Waals surface area contributed by atoms with E-state index in [2.05, 4.69) is 0 Å². The second-order valence-electron chi connectivity index (χ2n) is 8.82. The summed E-state index contributed by atoms with van der Waals surface area (Å²) < 4.78 is 12.2. The van der Waals surface area contributed by atoms with Gasteiger partial charge in [-0.2, -0.15) is 0 Å². The lowest BCUT2D eigenvalue weighted by Gasteiger charge is -2.28. The highest BCUT2D eigenvalue weighted by Gasteiger charge is 2.33. The number of methoxy groups -OCH3 is 1. The number of rotatable bonds is 5. The first-order valence-corrected chi connectivity index (χ1v) is 11.7. The number of thiazole rings is 1. The van der Waals surface area contributed by atoms with Crippen LogP contribution < -0.4 is 4.90 Å². The topological polar surface area (TPSA) is 68.7 Å². The molecule has 0 spiro atoms. The summed E-state index contributed by atoms with van der Waals surface area (Å²) in [6, 6.07) is 9.37. The molecule has 0 aliphatic carbocycles. The van der Waals surface area contributed by atoms with Gasteiger partial charge in [0, 0.05) is 28.8 Å². The number of aromatic nitrogens is 1. The van der Waals surface area contributed by atoms with Crippen molar-refractivity contribution in [2.75, 3.05) is 18.6 Å². The van der Waals surface area contributed by atoms with E-state index >= 15 is 0 Å². The van der Waals surface area contributed by atoms with Crippen molar-refractivity contribution in [2.45, 2.75) is 39.4 Å². The van der Waals surface area contributed by atoms with Crippen LogP contribution in [0.15, 0.2) is 42.5 Å². The van der Waals surface area contributed by atoms with E-state index in [4.69, 9.17) is 26.1 Å². The van der Waals surface area contributed by atoms with Crippen LogP contribution in [0.3, 0.4) is 0 Å². The number of ether oxygens (including phenoxy) is 2. The number of amides is 1. The highest BCUT2D eigenvalue weighted by molar-refractivity contribution is 7.23. The molecule has 1 atom stereocenters. The standard InChI is InChI=1S/C25H25ClN2O4S/c1-14-13-17-22(33-24(27-17)28-12-6-7-18(28)29)20(15-8-10-16(26)11-9-15)19(14)21(23(30)31-5)32-25(2,3)4/h6-11,13,21H,12H2,1-5H3. The molecule has 1 unspecified atom stereocenters. The molecule has 0 bridgehead atoms. The van der Waals surface area contributed by atoms with Crippen LogP contribution >= 0.6 is 22.9 Å². The maximum Gasteiger partial charge on any atom is 0.339 e. The zero-order chi connectivity index (χ0) is 23.9. The third-order valence-corrected chi connectivity index (χ3v) is 6.61. The molecule has 172 valence electrons. The second kappa shape index (κ2) is 8.89. The number of anilines is 1. The molecule has 0 saturated heterocycles. The van der Waals surface area contributed by atoms with Crippen LogP contribution in [0.1, 0.15) is 38.0 Å². The minimum atomic E-state index is -0.939. The van der Waals surface area contributed by atoms with Crippen LogP contribution in [0.5, 0.6) is 0 Å². The minimum Gasteiger partial charge on any atom is -0.467 e. The Morgan fingerprint density at radius 1 is 1.24 bits per heavy atom. The molecule has 6 nitrogen and oxygen atoms in total. The fourth-order valence-corrected chi connectivity index (χ4v) is 5.12. The molecule has 2 aromatic carbocycles. The number of fused-ring (bicyclic) bond motifs is 1. The predicted molar refractivity (Wildman–Crippen MR) is 132 cm³/mol. The molecule has 2 heterocycles. The smallest absolute Gasteiger partial charge is 0.339 e. The van der Waals surface area contributed by atoms with E-state index in [1.807, 2.05) is 64.1 Å². The van der Waals surface area contributed by atoms with Crippen molar-refractivity contribution < 1.29 is 19.1 Å². The van der Waals surface area contributed by atoms with Gasteiger partial charge in [-0.1, -0.05) is 41.1 Å². The SMILES string of the molecule is COC(=O)C(OC(C)(C)C)c1c(C)cc2nc(N3CC=CC3=O)sc2c1-c1ccc(Cl)cc1. The van der Waals surface area contributed by atoms with Gasteiger partial charge in [0.15, 0.2) is 11.2 Å². The number of hydrogen-bond acceptors (Lipinski definition) is 6. The van der Waals surface area contributed by atoms with Gasteiger partial charge in [0.25, 0.3) is 5.91 Å². The van der Waals surface area contributed by atoms with Crippen LogP contribution in [0.25, 0.3) is 21.3 Å². The molecule has 8 heteroatoms. The quantitative estimate of drug-likeness (QED) is 0.424. The summed E-state index contributed by atoms with van der Waals surface area (Å²) in [5.41, 5.74) is 3.41. The first kappa shape index (κ1) is 23.4. The Hall–Kier alpha value is -2.74. The zero-order valence-electron chi connectivity index (χ0n) is 19.1. The lowest BCUT2D eigenvalue weighted by Crippen LogP contribution is -2.29. The van der Waals surface area contributed by atoms with Crippen molar-refractivity contribution in [1.82, 2.24) is 4.98 Å². The van der Waals surface area contributed by atoms with Crippen LogP contribution in [0.4, 0.5) is 5.13 Å². The van der Waals surface area contributed by atoms with Gasteiger partial charge < -0.3 is 9.47 Å². The molecule has 0 saturated carbocycles. The lowest BCUT2D eigenvalue weighted by atomic mass is 9.91. The molecule has 4 rings (SSSR count). The van der Waals surface area contributed by atoms with Crippen molar-refractivity contribution in [1.29, 1.82) is 0 Å². The lowest BCUT2D eigenvalue weighted by molar-refractivity contribution is -0.164. The number of nitrogens with zero attached hydrogens (tertiary/aromatic N) is 2. The normalized spacial score (nSPS) is 14.8. The molecule has 1 aliphatic rings. The van der Waals surface area contributed by atoms with E-state index in [1.54, 1.807) is 11.0 Å². The minimum absolute atomic E-state index is 0.0949. The van der Waals surface area contributed by atoms with Crippen LogP contribution in [0, 0.1) is 6.92 Å². The maximum atomic E-state index is 12.9. The third-order valence-electron chi connectivity index (χ3n) is 5.24. The van der Waals surface area contributed by atoms with Crippen molar-refractivity contribution in [2.24, 2.45) is 0 Å². The molecule has 1 aliphatic heterocycles. The van der Waals surface area contributed by atoms with Crippen molar-refractivity contribution in [3.63, 3.8) is 0 Å². The summed E-state index contributed by atoms with van der Waals surface area (Å²) in [6.45, 7) is 8.11. The Kier molecular flexibility index (Phi) is 6.31. The third kappa shape index (κ3) is 4.67. The van der Waals surface area contributed by atoms with Gasteiger partial charge in [-0.15, -0.1) is 0 Å². The van der Waals surface area contributed by atoms with Crippen LogP contribution in [0.2, 0.25) is 5.02 Å². The van der Waals surface area contributed by atoms with Crippen LogP contribution in [-0.2, 0) is 19.1 Å².